The Bertz CT molecular complexity index is 986. The third-order valence-electron chi connectivity index (χ3n) is 4.83. The zero-order valence-corrected chi connectivity index (χ0v) is 21.0. The summed E-state index contributed by atoms with van der Waals surface area (Å²) in [4.78, 5) is 58.8. The second-order valence-corrected chi connectivity index (χ2v) is 7.98. The van der Waals surface area contributed by atoms with Gasteiger partial charge < -0.3 is 33.2 Å². The molecule has 0 N–H and O–H groups in total. The van der Waals surface area contributed by atoms with Gasteiger partial charge in [-0.05, 0) is 17.7 Å². The minimum atomic E-state index is -1.36. The van der Waals surface area contributed by atoms with Crippen LogP contribution in [0, 0.1) is 0 Å². The second kappa shape index (κ2) is 14.0. The van der Waals surface area contributed by atoms with Crippen LogP contribution in [0.15, 0.2) is 36.9 Å². The SMILES string of the molecule is C=CCOC(=O)Cc1ccc(O[C@H]2O[C@H](COC(C)=O)[C@@H](OC(C)=O)[C@H](OC(C)=O)[C@@H]2OC(C)=O)cc1. The van der Waals surface area contributed by atoms with Gasteiger partial charge in [0.25, 0.3) is 0 Å². The molecule has 1 aliphatic rings. The van der Waals surface area contributed by atoms with E-state index in [1.807, 2.05) is 0 Å². The number of ether oxygens (including phenoxy) is 7. The minimum absolute atomic E-state index is 0.0210. The molecule has 2 rings (SSSR count). The Hall–Kier alpha value is -3.93. The lowest BCUT2D eigenvalue weighted by Crippen LogP contribution is -2.63. The van der Waals surface area contributed by atoms with E-state index in [9.17, 15) is 24.0 Å². The van der Waals surface area contributed by atoms with Gasteiger partial charge in [0.15, 0.2) is 12.2 Å². The van der Waals surface area contributed by atoms with Crippen molar-refractivity contribution in [2.75, 3.05) is 13.2 Å². The monoisotopic (exact) mass is 522 g/mol. The highest BCUT2D eigenvalue weighted by Crippen LogP contribution is 2.31. The molecule has 5 atom stereocenters. The maximum atomic E-state index is 11.9. The summed E-state index contributed by atoms with van der Waals surface area (Å²) in [5.74, 6) is -3.04. The summed E-state index contributed by atoms with van der Waals surface area (Å²) in [5, 5.41) is 0. The van der Waals surface area contributed by atoms with E-state index in [1.54, 1.807) is 24.3 Å². The van der Waals surface area contributed by atoms with Crippen molar-refractivity contribution in [3.05, 3.63) is 42.5 Å². The molecular weight excluding hydrogens is 492 g/mol. The molecule has 0 amide bonds. The Labute approximate surface area is 213 Å². The topological polar surface area (TPSA) is 150 Å². The Morgan fingerprint density at radius 3 is 1.92 bits per heavy atom. The first-order chi connectivity index (χ1) is 17.5. The van der Waals surface area contributed by atoms with E-state index >= 15 is 0 Å². The molecule has 0 aromatic heterocycles. The van der Waals surface area contributed by atoms with Crippen LogP contribution in [0.2, 0.25) is 0 Å². The van der Waals surface area contributed by atoms with Crippen LogP contribution < -0.4 is 4.74 Å². The summed E-state index contributed by atoms with van der Waals surface area (Å²) in [6, 6.07) is 6.33. The largest absolute Gasteiger partial charge is 0.463 e. The molecule has 1 heterocycles. The van der Waals surface area contributed by atoms with Crippen LogP contribution in [0.25, 0.3) is 0 Å². The fraction of sp³-hybridized carbons (Fsp3) is 0.480. The molecule has 1 fully saturated rings. The standard InChI is InChI=1S/C25H30O12/c1-6-11-31-21(30)12-18-7-9-19(10-8-18)36-25-24(35-17(5)29)23(34-16(4)28)22(33-15(3)27)20(37-25)13-32-14(2)26/h6-10,20,22-25H,1,11-13H2,2-5H3/t20-,22-,23+,24+,25+/m1/s1. The molecule has 0 aliphatic carbocycles. The highest BCUT2D eigenvalue weighted by Gasteiger charge is 2.53. The van der Waals surface area contributed by atoms with Crippen LogP contribution in [0.1, 0.15) is 33.3 Å². The predicted molar refractivity (Wildman–Crippen MR) is 124 cm³/mol. The zero-order chi connectivity index (χ0) is 27.5. The molecule has 12 heteroatoms. The number of esters is 5. The van der Waals surface area contributed by atoms with Crippen molar-refractivity contribution >= 4 is 29.8 Å². The van der Waals surface area contributed by atoms with Gasteiger partial charge in [0.2, 0.25) is 12.4 Å². The van der Waals surface area contributed by atoms with E-state index in [-0.39, 0.29) is 25.4 Å². The first-order valence-corrected chi connectivity index (χ1v) is 11.3. The van der Waals surface area contributed by atoms with Crippen molar-refractivity contribution in [2.24, 2.45) is 0 Å². The van der Waals surface area contributed by atoms with Crippen LogP contribution in [0.3, 0.4) is 0 Å². The smallest absolute Gasteiger partial charge is 0.310 e. The third-order valence-corrected chi connectivity index (χ3v) is 4.83. The van der Waals surface area contributed by atoms with Crippen molar-refractivity contribution < 1.29 is 57.1 Å². The van der Waals surface area contributed by atoms with E-state index < -0.39 is 60.6 Å². The molecule has 0 spiro atoms. The van der Waals surface area contributed by atoms with E-state index in [2.05, 4.69) is 6.58 Å². The summed E-state index contributed by atoms with van der Waals surface area (Å²) in [6.07, 6.45) is -4.99. The molecule has 1 aromatic carbocycles. The van der Waals surface area contributed by atoms with Gasteiger partial charge in [0.05, 0.1) is 6.42 Å². The molecule has 0 saturated carbocycles. The average molecular weight is 523 g/mol. The average Bonchev–Trinajstić information content (AvgIpc) is 2.80. The number of rotatable bonds is 11. The third kappa shape index (κ3) is 9.56. The van der Waals surface area contributed by atoms with Gasteiger partial charge in [-0.15, -0.1) is 0 Å². The molecule has 0 unspecified atom stereocenters. The Balaban J connectivity index is 2.33. The summed E-state index contributed by atoms with van der Waals surface area (Å²) in [5.41, 5.74) is 0.642. The normalized spacial score (nSPS) is 22.6. The molecule has 0 bridgehead atoms. The van der Waals surface area contributed by atoms with Crippen molar-refractivity contribution in [1.29, 1.82) is 0 Å². The van der Waals surface area contributed by atoms with Crippen molar-refractivity contribution in [1.82, 2.24) is 0 Å². The lowest BCUT2D eigenvalue weighted by atomic mass is 9.98. The Kier molecular flexibility index (Phi) is 11.1. The first-order valence-electron chi connectivity index (χ1n) is 11.3. The van der Waals surface area contributed by atoms with Crippen molar-refractivity contribution in [3.63, 3.8) is 0 Å². The van der Waals surface area contributed by atoms with Gasteiger partial charge in [-0.3, -0.25) is 24.0 Å². The molecule has 0 radical (unpaired) electrons. The molecule has 1 aromatic rings. The van der Waals surface area contributed by atoms with Crippen LogP contribution in [-0.2, 0) is 58.8 Å². The van der Waals surface area contributed by atoms with Crippen LogP contribution in [0.4, 0.5) is 0 Å². The number of carbonyl (C=O) groups excluding carboxylic acids is 5. The maximum Gasteiger partial charge on any atom is 0.310 e. The van der Waals surface area contributed by atoms with Gasteiger partial charge in [0, 0.05) is 27.7 Å². The lowest BCUT2D eigenvalue weighted by molar-refractivity contribution is -0.288. The van der Waals surface area contributed by atoms with E-state index in [0.717, 1.165) is 20.8 Å². The Morgan fingerprint density at radius 1 is 0.811 bits per heavy atom. The van der Waals surface area contributed by atoms with Gasteiger partial charge in [-0.25, -0.2) is 0 Å². The second-order valence-electron chi connectivity index (χ2n) is 7.98. The summed E-state index contributed by atoms with van der Waals surface area (Å²) >= 11 is 0. The van der Waals surface area contributed by atoms with Crippen LogP contribution in [-0.4, -0.2) is 73.8 Å². The zero-order valence-electron chi connectivity index (χ0n) is 21.0. The number of hydrogen-bond acceptors (Lipinski definition) is 12. The van der Waals surface area contributed by atoms with Gasteiger partial charge >= 0.3 is 29.8 Å². The van der Waals surface area contributed by atoms with Crippen molar-refractivity contribution in [3.8, 4) is 5.75 Å². The summed E-state index contributed by atoms with van der Waals surface area (Å²) in [6.45, 7) is 7.78. The molecule has 202 valence electrons. The number of hydrogen-bond donors (Lipinski definition) is 0. The van der Waals surface area contributed by atoms with E-state index in [0.29, 0.717) is 5.56 Å². The molecule has 1 aliphatic heterocycles. The Morgan fingerprint density at radius 2 is 1.38 bits per heavy atom. The predicted octanol–water partition coefficient (Wildman–Crippen LogP) is 1.42. The van der Waals surface area contributed by atoms with Gasteiger partial charge in [-0.2, -0.15) is 0 Å². The fourth-order valence-electron chi connectivity index (χ4n) is 3.47. The molecule has 12 nitrogen and oxygen atoms in total. The van der Waals surface area contributed by atoms with Crippen LogP contribution >= 0.6 is 0 Å². The highest BCUT2D eigenvalue weighted by molar-refractivity contribution is 5.72. The fourth-order valence-corrected chi connectivity index (χ4v) is 3.47. The summed E-state index contributed by atoms with van der Waals surface area (Å²) in [7, 11) is 0. The highest BCUT2D eigenvalue weighted by atomic mass is 16.7. The number of carbonyl (C=O) groups is 5. The number of benzene rings is 1. The lowest BCUT2D eigenvalue weighted by Gasteiger charge is -2.43. The molecule has 37 heavy (non-hydrogen) atoms. The van der Waals surface area contributed by atoms with E-state index in [1.165, 1.54) is 13.0 Å². The van der Waals surface area contributed by atoms with E-state index in [4.69, 9.17) is 33.2 Å². The molecular formula is C25H30O12. The van der Waals surface area contributed by atoms with Gasteiger partial charge in [0.1, 0.15) is 25.1 Å². The van der Waals surface area contributed by atoms with Crippen molar-refractivity contribution in [2.45, 2.75) is 64.8 Å². The minimum Gasteiger partial charge on any atom is -0.463 e. The van der Waals surface area contributed by atoms with Crippen LogP contribution in [0.5, 0.6) is 5.75 Å². The maximum absolute atomic E-state index is 11.9. The van der Waals surface area contributed by atoms with Gasteiger partial charge in [-0.1, -0.05) is 24.8 Å². The quantitative estimate of drug-likeness (QED) is 0.235. The molecule has 1 saturated heterocycles. The first kappa shape index (κ1) is 29.3. The summed E-state index contributed by atoms with van der Waals surface area (Å²) < 4.78 is 37.8.